The van der Waals surface area contributed by atoms with E-state index in [0.717, 1.165) is 38.6 Å². The van der Waals surface area contributed by atoms with Crippen molar-refractivity contribution in [1.82, 2.24) is 5.32 Å². The number of carbonyl (C=O) groups is 5. The maximum atomic E-state index is 13.3. The molecule has 1 heterocycles. The van der Waals surface area contributed by atoms with Crippen molar-refractivity contribution in [3.8, 4) is 0 Å². The van der Waals surface area contributed by atoms with Crippen molar-refractivity contribution in [3.63, 3.8) is 0 Å². The number of morpholine rings is 1. The molecule has 3 N–H and O–H groups in total. The molecule has 0 spiro atoms. The third-order valence-electron chi connectivity index (χ3n) is 9.96. The molecule has 38 heavy (non-hydrogen) atoms. The summed E-state index contributed by atoms with van der Waals surface area (Å²) in [5.41, 5.74) is -0.232. The first-order valence-corrected chi connectivity index (χ1v) is 13.7. The third kappa shape index (κ3) is 5.57. The molecule has 4 aliphatic carbocycles. The fourth-order valence-electron chi connectivity index (χ4n) is 7.98. The van der Waals surface area contributed by atoms with E-state index in [-0.39, 0.29) is 28.8 Å². The van der Waals surface area contributed by atoms with Crippen LogP contribution >= 0.6 is 0 Å². The molecule has 0 aromatic rings. The van der Waals surface area contributed by atoms with E-state index < -0.39 is 18.0 Å². The monoisotopic (exact) mass is 533 g/mol. The van der Waals surface area contributed by atoms with Crippen LogP contribution in [0.1, 0.15) is 65.2 Å². The van der Waals surface area contributed by atoms with Crippen molar-refractivity contribution in [2.75, 3.05) is 19.7 Å². The Morgan fingerprint density at radius 3 is 2.37 bits per heavy atom. The molecule has 5 rings (SSSR count). The summed E-state index contributed by atoms with van der Waals surface area (Å²) in [6.45, 7) is 6.23. The Morgan fingerprint density at radius 2 is 1.74 bits per heavy atom. The molecule has 0 radical (unpaired) electrons. The summed E-state index contributed by atoms with van der Waals surface area (Å²) >= 11 is 0. The van der Waals surface area contributed by atoms with Gasteiger partial charge in [0.25, 0.3) is 0 Å². The highest BCUT2D eigenvalue weighted by molar-refractivity contribution is 5.90. The van der Waals surface area contributed by atoms with Gasteiger partial charge in [0.15, 0.2) is 6.10 Å². The lowest BCUT2D eigenvalue weighted by atomic mass is 9.45. The number of aliphatic carboxylic acids is 2. The van der Waals surface area contributed by atoms with E-state index >= 15 is 0 Å². The van der Waals surface area contributed by atoms with E-state index in [1.807, 2.05) is 0 Å². The maximum Gasteiger partial charge on any atom is 0.336 e. The van der Waals surface area contributed by atoms with Crippen LogP contribution in [0.25, 0.3) is 0 Å². The van der Waals surface area contributed by atoms with E-state index in [1.54, 1.807) is 0 Å². The van der Waals surface area contributed by atoms with Gasteiger partial charge in [-0.25, -0.2) is 14.4 Å². The van der Waals surface area contributed by atoms with Crippen molar-refractivity contribution in [2.45, 2.75) is 77.4 Å². The summed E-state index contributed by atoms with van der Waals surface area (Å²) in [7, 11) is 0. The Kier molecular flexibility index (Phi) is 8.42. The summed E-state index contributed by atoms with van der Waals surface area (Å²) in [6.07, 6.45) is 7.05. The summed E-state index contributed by atoms with van der Waals surface area (Å²) in [6, 6.07) is 0. The van der Waals surface area contributed by atoms with Crippen molar-refractivity contribution < 1.29 is 43.7 Å². The van der Waals surface area contributed by atoms with E-state index in [4.69, 9.17) is 19.7 Å². The van der Waals surface area contributed by atoms with Crippen LogP contribution < -0.4 is 5.32 Å². The summed E-state index contributed by atoms with van der Waals surface area (Å²) in [4.78, 5) is 57.5. The molecule has 10 heteroatoms. The number of rotatable bonds is 4. The molecule has 0 bridgehead atoms. The quantitative estimate of drug-likeness (QED) is 0.362. The van der Waals surface area contributed by atoms with Gasteiger partial charge in [-0.15, -0.1) is 0 Å². The van der Waals surface area contributed by atoms with E-state index in [2.05, 4.69) is 19.2 Å². The minimum Gasteiger partial charge on any atom is -0.478 e. The number of carboxylic acid groups (broad SMARTS) is 2. The van der Waals surface area contributed by atoms with Gasteiger partial charge in [-0.2, -0.15) is 0 Å². The van der Waals surface area contributed by atoms with Gasteiger partial charge >= 0.3 is 17.9 Å². The molecular formula is C28H39NO9. The lowest BCUT2D eigenvalue weighted by molar-refractivity contribution is -0.177. The lowest BCUT2D eigenvalue weighted by Crippen LogP contribution is -2.57. The highest BCUT2D eigenvalue weighted by Crippen LogP contribution is 2.64. The predicted molar refractivity (Wildman–Crippen MR) is 134 cm³/mol. The zero-order valence-electron chi connectivity index (χ0n) is 22.1. The molecule has 2 unspecified atom stereocenters. The van der Waals surface area contributed by atoms with Crippen LogP contribution in [0.2, 0.25) is 0 Å². The van der Waals surface area contributed by atoms with E-state index in [9.17, 15) is 24.0 Å². The number of hydrogen-bond donors (Lipinski definition) is 3. The molecule has 5 fully saturated rings. The zero-order chi connectivity index (χ0) is 27.7. The average molecular weight is 534 g/mol. The van der Waals surface area contributed by atoms with Gasteiger partial charge in [0, 0.05) is 49.4 Å². The van der Waals surface area contributed by atoms with Crippen LogP contribution in [0.4, 0.5) is 0 Å². The molecule has 4 saturated carbocycles. The number of carboxylic acids is 2. The topological polar surface area (TPSA) is 156 Å². The molecule has 8 atom stereocenters. The average Bonchev–Trinajstić information content (AvgIpc) is 3.19. The number of hydrogen-bond acceptors (Lipinski definition) is 8. The minimum atomic E-state index is -1.26. The largest absolute Gasteiger partial charge is 0.478 e. The second kappa shape index (κ2) is 11.3. The van der Waals surface area contributed by atoms with Crippen LogP contribution in [0, 0.1) is 34.5 Å². The van der Waals surface area contributed by atoms with Gasteiger partial charge in [-0.1, -0.05) is 13.8 Å². The first-order valence-electron chi connectivity index (χ1n) is 13.7. The summed E-state index contributed by atoms with van der Waals surface area (Å²) < 4.78 is 11.3. The molecule has 0 amide bonds. The number of carbonyl (C=O) groups excluding carboxylic acids is 3. The molecule has 5 aliphatic rings. The van der Waals surface area contributed by atoms with Crippen molar-refractivity contribution >= 4 is 29.5 Å². The highest BCUT2D eigenvalue weighted by Gasteiger charge is 2.62. The van der Waals surface area contributed by atoms with Crippen molar-refractivity contribution in [2.24, 2.45) is 34.5 Å². The Balaban J connectivity index is 0.000000368. The lowest BCUT2D eigenvalue weighted by Gasteiger charge is -2.59. The predicted octanol–water partition coefficient (Wildman–Crippen LogP) is 2.39. The number of fused-ring (bicyclic) bond motifs is 5. The second-order valence-corrected chi connectivity index (χ2v) is 11.9. The summed E-state index contributed by atoms with van der Waals surface area (Å²) in [5, 5.41) is 18.8. The SMILES string of the molecule is C[C@]12CC[C@H](OC(=O)C3CNCCO3)CC1C(=O)C[C@@H]1[C@@H]2CC[C@]2(C)C(=O)CC[C@@H]12.O=C(O)/C=C/C(=O)O. The number of ketones is 2. The molecule has 1 aliphatic heterocycles. The molecule has 210 valence electrons. The van der Waals surface area contributed by atoms with E-state index in [0.29, 0.717) is 73.9 Å². The van der Waals surface area contributed by atoms with Gasteiger partial charge in [-0.05, 0) is 61.7 Å². The van der Waals surface area contributed by atoms with Crippen molar-refractivity contribution in [3.05, 3.63) is 12.2 Å². The first kappa shape index (κ1) is 28.4. The molecular weight excluding hydrogens is 494 g/mol. The minimum absolute atomic E-state index is 0.0290. The summed E-state index contributed by atoms with van der Waals surface area (Å²) in [5.74, 6) is -0.861. The van der Waals surface area contributed by atoms with Crippen LogP contribution in [0.15, 0.2) is 12.2 Å². The maximum absolute atomic E-state index is 13.3. The Morgan fingerprint density at radius 1 is 1.03 bits per heavy atom. The normalized spacial score (nSPS) is 40.3. The van der Waals surface area contributed by atoms with Crippen LogP contribution in [0.5, 0.6) is 0 Å². The van der Waals surface area contributed by atoms with Gasteiger partial charge in [0.2, 0.25) is 0 Å². The zero-order valence-corrected chi connectivity index (χ0v) is 22.1. The number of Topliss-reactive ketones (excluding diaryl/α,β-unsaturated/α-hetero) is 2. The third-order valence-corrected chi connectivity index (χ3v) is 9.96. The molecule has 10 nitrogen and oxygen atoms in total. The van der Waals surface area contributed by atoms with Crippen LogP contribution in [-0.2, 0) is 33.4 Å². The van der Waals surface area contributed by atoms with Crippen LogP contribution in [0.3, 0.4) is 0 Å². The highest BCUT2D eigenvalue weighted by atomic mass is 16.6. The van der Waals surface area contributed by atoms with Crippen molar-refractivity contribution in [1.29, 1.82) is 0 Å². The van der Waals surface area contributed by atoms with Gasteiger partial charge < -0.3 is 25.0 Å². The number of nitrogens with one attached hydrogen (secondary N) is 1. The van der Waals surface area contributed by atoms with Gasteiger partial charge in [0.05, 0.1) is 6.61 Å². The van der Waals surface area contributed by atoms with Gasteiger partial charge in [-0.3, -0.25) is 9.59 Å². The van der Waals surface area contributed by atoms with E-state index in [1.165, 1.54) is 0 Å². The van der Waals surface area contributed by atoms with Gasteiger partial charge in [0.1, 0.15) is 17.7 Å². The Labute approximate surface area is 222 Å². The number of ether oxygens (including phenoxy) is 2. The molecule has 0 aromatic carbocycles. The fraction of sp³-hybridized carbons (Fsp3) is 0.750. The fourth-order valence-corrected chi connectivity index (χ4v) is 7.98. The second-order valence-electron chi connectivity index (χ2n) is 11.9. The molecule has 1 saturated heterocycles. The Hall–Kier alpha value is -2.59. The number of esters is 1. The Bertz CT molecular complexity index is 986. The molecule has 0 aromatic heterocycles. The smallest absolute Gasteiger partial charge is 0.336 e. The van der Waals surface area contributed by atoms with Crippen LogP contribution in [-0.4, -0.2) is 71.6 Å². The first-order chi connectivity index (χ1) is 18.0. The standard InChI is InChI=1S/C24H35NO5.C4H4O4/c1-23-7-5-14(30-22(28)20-13-25-9-10-29-20)11-18(23)19(26)12-15-16-3-4-21(27)24(16,2)8-6-17(15)23;5-3(6)1-2-4(7)8/h14-18,20,25H,3-13H2,1-2H3;1-2H,(H,5,6)(H,7,8)/b;2-1+/t14-,15-,16-,17-,18?,20?,23+,24-;/m0./s1.